The van der Waals surface area contributed by atoms with Gasteiger partial charge in [0.2, 0.25) is 0 Å². The third-order valence-corrected chi connectivity index (χ3v) is 2.69. The van der Waals surface area contributed by atoms with Crippen LogP contribution in [-0.4, -0.2) is 12.0 Å². The van der Waals surface area contributed by atoms with Crippen molar-refractivity contribution in [3.63, 3.8) is 0 Å². The van der Waals surface area contributed by atoms with Crippen LogP contribution in [0.1, 0.15) is 11.3 Å². The lowest BCUT2D eigenvalue weighted by atomic mass is 10.1. The second-order valence-electron chi connectivity index (χ2n) is 3.74. The largest absolute Gasteiger partial charge is 0.358 e. The van der Waals surface area contributed by atoms with Gasteiger partial charge in [-0.3, -0.25) is 0 Å². The van der Waals surface area contributed by atoms with Crippen LogP contribution in [0, 0.1) is 18.3 Å². The summed E-state index contributed by atoms with van der Waals surface area (Å²) in [5.74, 6) is 0. The molecule has 0 aliphatic rings. The fourth-order valence-electron chi connectivity index (χ4n) is 1.68. The Hall–Kier alpha value is -2.05. The molecule has 3 heteroatoms. The molecule has 0 saturated carbocycles. The first-order chi connectivity index (χ1) is 7.74. The minimum atomic E-state index is 0.709. The molecule has 2 rings (SSSR count). The molecule has 0 radical (unpaired) electrons. The molecule has 0 aliphatic heterocycles. The van der Waals surface area contributed by atoms with Crippen LogP contribution in [0.2, 0.25) is 0 Å². The lowest BCUT2D eigenvalue weighted by molar-refractivity contribution is -0.539. The average Bonchev–Trinajstić information content (AvgIpc) is 2.71. The van der Waals surface area contributed by atoms with Gasteiger partial charge in [-0.1, -0.05) is 0 Å². The number of nitrogens with one attached hydrogen (secondary N) is 1. The number of nitriles is 1. The Morgan fingerprint density at radius 1 is 1.25 bits per heavy atom. The van der Waals surface area contributed by atoms with Crippen LogP contribution >= 0.6 is 0 Å². The van der Waals surface area contributed by atoms with E-state index in [0.717, 1.165) is 17.0 Å². The smallest absolute Gasteiger partial charge is 0.129 e. The first-order valence-corrected chi connectivity index (χ1v) is 5.24. The number of hydrogen-bond donors (Lipinski definition) is 2. The Balaban J connectivity index is 2.39. The predicted octanol–water partition coefficient (Wildman–Crippen LogP) is 1.69. The van der Waals surface area contributed by atoms with Gasteiger partial charge in [0.1, 0.15) is 11.8 Å². The Bertz CT molecular complexity index is 529. The molecule has 16 heavy (non-hydrogen) atoms. The van der Waals surface area contributed by atoms with E-state index in [0.29, 0.717) is 5.56 Å². The summed E-state index contributed by atoms with van der Waals surface area (Å²) >= 11 is 0. The van der Waals surface area contributed by atoms with Crippen LogP contribution in [0.4, 0.5) is 5.69 Å². The van der Waals surface area contributed by atoms with Crippen molar-refractivity contribution in [2.24, 2.45) is 0 Å². The highest BCUT2D eigenvalue weighted by Crippen LogP contribution is 2.21. The summed E-state index contributed by atoms with van der Waals surface area (Å²) in [4.78, 5) is 3.22. The van der Waals surface area contributed by atoms with Crippen molar-refractivity contribution in [3.05, 3.63) is 41.6 Å². The van der Waals surface area contributed by atoms with Crippen LogP contribution in [0.5, 0.6) is 0 Å². The predicted molar refractivity (Wildman–Crippen MR) is 63.2 cm³/mol. The number of benzene rings is 1. The van der Waals surface area contributed by atoms with Crippen LogP contribution in [-0.2, 0) is 0 Å². The van der Waals surface area contributed by atoms with Crippen LogP contribution in [0.3, 0.4) is 0 Å². The van der Waals surface area contributed by atoms with E-state index >= 15 is 0 Å². The number of aromatic amines is 1. The van der Waals surface area contributed by atoms with Crippen molar-refractivity contribution in [3.8, 4) is 17.3 Å². The van der Waals surface area contributed by atoms with Gasteiger partial charge in [-0.2, -0.15) is 5.26 Å². The van der Waals surface area contributed by atoms with Crippen molar-refractivity contribution in [2.75, 3.05) is 7.05 Å². The third kappa shape index (κ3) is 1.83. The molecule has 0 atom stereocenters. The molecular weight excluding hydrogens is 198 g/mol. The van der Waals surface area contributed by atoms with Crippen molar-refractivity contribution < 1.29 is 5.32 Å². The highest BCUT2D eigenvalue weighted by atomic mass is 14.8. The van der Waals surface area contributed by atoms with E-state index in [9.17, 15) is 0 Å². The number of hydrogen-bond acceptors (Lipinski definition) is 1. The Morgan fingerprint density at radius 2 is 1.94 bits per heavy atom. The maximum Gasteiger partial charge on any atom is 0.129 e. The Kier molecular flexibility index (Phi) is 2.76. The molecule has 2 aromatic rings. The van der Waals surface area contributed by atoms with E-state index in [2.05, 4.69) is 40.6 Å². The molecule has 0 saturated heterocycles. The average molecular weight is 212 g/mol. The summed E-state index contributed by atoms with van der Waals surface area (Å²) in [6, 6.07) is 12.3. The van der Waals surface area contributed by atoms with Gasteiger partial charge in [0, 0.05) is 11.4 Å². The quantitative estimate of drug-likeness (QED) is 0.731. The van der Waals surface area contributed by atoms with E-state index in [4.69, 9.17) is 5.26 Å². The lowest BCUT2D eigenvalue weighted by Crippen LogP contribution is -2.72. The van der Waals surface area contributed by atoms with Gasteiger partial charge < -0.3 is 10.3 Å². The highest BCUT2D eigenvalue weighted by Gasteiger charge is 2.05. The number of rotatable bonds is 2. The molecule has 1 aromatic heterocycles. The SMILES string of the molecule is C[NH2+]c1ccc(-c2cc(C#N)c(C)[nH]2)cc1. The van der Waals surface area contributed by atoms with Gasteiger partial charge in [0.05, 0.1) is 12.6 Å². The maximum absolute atomic E-state index is 8.89. The number of aromatic nitrogens is 1. The van der Waals surface area contributed by atoms with Crippen molar-refractivity contribution >= 4 is 5.69 Å². The fraction of sp³-hybridized carbons (Fsp3) is 0.154. The highest BCUT2D eigenvalue weighted by molar-refractivity contribution is 5.64. The monoisotopic (exact) mass is 212 g/mol. The molecular formula is C13H14N3+. The standard InChI is InChI=1S/C13H13N3/c1-9-11(8-14)7-13(16-9)10-3-5-12(15-2)6-4-10/h3-7,15-16H,1-2H3/p+1. The zero-order valence-electron chi connectivity index (χ0n) is 9.41. The van der Waals surface area contributed by atoms with Crippen LogP contribution < -0.4 is 5.32 Å². The molecule has 0 amide bonds. The van der Waals surface area contributed by atoms with Crippen molar-refractivity contribution in [1.82, 2.24) is 4.98 Å². The molecule has 0 bridgehead atoms. The second kappa shape index (κ2) is 4.21. The van der Waals surface area contributed by atoms with E-state index in [1.165, 1.54) is 5.69 Å². The van der Waals surface area contributed by atoms with E-state index in [1.54, 1.807) is 0 Å². The summed E-state index contributed by atoms with van der Waals surface area (Å²) in [5.41, 5.74) is 4.93. The Labute approximate surface area is 94.7 Å². The van der Waals surface area contributed by atoms with Crippen molar-refractivity contribution in [2.45, 2.75) is 6.92 Å². The summed E-state index contributed by atoms with van der Waals surface area (Å²) in [5, 5.41) is 10.9. The molecule has 0 unspecified atom stereocenters. The minimum absolute atomic E-state index is 0.709. The van der Waals surface area contributed by atoms with Crippen molar-refractivity contribution in [1.29, 1.82) is 5.26 Å². The molecule has 80 valence electrons. The maximum atomic E-state index is 8.89. The molecule has 0 aliphatic carbocycles. The second-order valence-corrected chi connectivity index (χ2v) is 3.74. The van der Waals surface area contributed by atoms with Crippen LogP contribution in [0.25, 0.3) is 11.3 Å². The third-order valence-electron chi connectivity index (χ3n) is 2.69. The molecule has 0 spiro atoms. The van der Waals surface area contributed by atoms with Gasteiger partial charge in [-0.15, -0.1) is 0 Å². The fourth-order valence-corrected chi connectivity index (χ4v) is 1.68. The summed E-state index contributed by atoms with van der Waals surface area (Å²) in [6.07, 6.45) is 0. The first kappa shape index (κ1) is 10.5. The zero-order valence-corrected chi connectivity index (χ0v) is 9.41. The summed E-state index contributed by atoms with van der Waals surface area (Å²) < 4.78 is 0. The van der Waals surface area contributed by atoms with E-state index in [1.807, 2.05) is 20.0 Å². The number of nitrogens with zero attached hydrogens (tertiary/aromatic N) is 1. The van der Waals surface area contributed by atoms with E-state index in [-0.39, 0.29) is 0 Å². The first-order valence-electron chi connectivity index (χ1n) is 5.24. The van der Waals surface area contributed by atoms with Gasteiger partial charge in [-0.25, -0.2) is 0 Å². The molecule has 0 fully saturated rings. The van der Waals surface area contributed by atoms with Gasteiger partial charge in [-0.05, 0) is 42.8 Å². The molecule has 1 aromatic carbocycles. The van der Waals surface area contributed by atoms with Gasteiger partial charge in [0.25, 0.3) is 0 Å². The molecule has 3 N–H and O–H groups in total. The topological polar surface area (TPSA) is 56.2 Å². The molecule has 3 nitrogen and oxygen atoms in total. The lowest BCUT2D eigenvalue weighted by Gasteiger charge is -1.98. The summed E-state index contributed by atoms with van der Waals surface area (Å²) in [7, 11) is 2.02. The number of nitrogens with two attached hydrogens (primary N) is 1. The number of aryl methyl sites for hydroxylation is 1. The van der Waals surface area contributed by atoms with E-state index < -0.39 is 0 Å². The van der Waals surface area contributed by atoms with Crippen LogP contribution in [0.15, 0.2) is 30.3 Å². The number of H-pyrrole nitrogens is 1. The number of quaternary nitrogens is 1. The minimum Gasteiger partial charge on any atom is -0.358 e. The Morgan fingerprint density at radius 3 is 2.44 bits per heavy atom. The zero-order chi connectivity index (χ0) is 11.5. The van der Waals surface area contributed by atoms with Gasteiger partial charge >= 0.3 is 0 Å². The summed E-state index contributed by atoms with van der Waals surface area (Å²) in [6.45, 7) is 1.91. The molecule has 1 heterocycles. The van der Waals surface area contributed by atoms with Gasteiger partial charge in [0.15, 0.2) is 0 Å². The normalized spacial score (nSPS) is 10.1.